The second-order valence-corrected chi connectivity index (χ2v) is 6.71. The fourth-order valence-corrected chi connectivity index (χ4v) is 3.31. The number of para-hydroxylation sites is 2. The molecule has 2 aliphatic rings. The van der Waals surface area contributed by atoms with E-state index >= 15 is 0 Å². The Bertz CT molecular complexity index is 684. The molecule has 1 aliphatic heterocycles. The van der Waals surface area contributed by atoms with Gasteiger partial charge in [-0.2, -0.15) is 0 Å². The van der Waals surface area contributed by atoms with Crippen molar-refractivity contribution < 1.29 is 23.9 Å². The van der Waals surface area contributed by atoms with Gasteiger partial charge in [0.05, 0.1) is 5.69 Å². The second-order valence-electron chi connectivity index (χ2n) is 6.71. The van der Waals surface area contributed by atoms with Gasteiger partial charge in [-0.3, -0.25) is 19.3 Å². The molecule has 140 valence electrons. The van der Waals surface area contributed by atoms with Crippen LogP contribution < -0.4 is 15.0 Å². The maximum atomic E-state index is 12.2. The minimum atomic E-state index is -0.893. The third-order valence-electron chi connectivity index (χ3n) is 4.72. The highest BCUT2D eigenvalue weighted by Crippen LogP contribution is 2.31. The van der Waals surface area contributed by atoms with Crippen molar-refractivity contribution in [1.29, 1.82) is 0 Å². The Kier molecular flexibility index (Phi) is 5.75. The van der Waals surface area contributed by atoms with Gasteiger partial charge in [-0.05, 0) is 31.9 Å². The first-order valence-electron chi connectivity index (χ1n) is 9.06. The molecule has 1 fully saturated rings. The molecule has 3 rings (SSSR count). The predicted molar refractivity (Wildman–Crippen MR) is 94.9 cm³/mol. The SMILES string of the molecule is CC(OC(=O)CN1C(=O)COc2ccccc21)C(=O)NC1CCCCC1. The van der Waals surface area contributed by atoms with E-state index < -0.39 is 12.1 Å². The quantitative estimate of drug-likeness (QED) is 0.809. The zero-order valence-electron chi connectivity index (χ0n) is 14.9. The highest BCUT2D eigenvalue weighted by Gasteiger charge is 2.29. The van der Waals surface area contributed by atoms with Gasteiger partial charge in [0.1, 0.15) is 12.3 Å². The minimum absolute atomic E-state index is 0.123. The van der Waals surface area contributed by atoms with Crippen molar-refractivity contribution in [3.8, 4) is 5.75 Å². The van der Waals surface area contributed by atoms with Crippen LogP contribution in [0.4, 0.5) is 5.69 Å². The van der Waals surface area contributed by atoms with Crippen LogP contribution in [0, 0.1) is 0 Å². The zero-order valence-corrected chi connectivity index (χ0v) is 14.9. The largest absolute Gasteiger partial charge is 0.482 e. The molecule has 1 aliphatic carbocycles. The molecule has 26 heavy (non-hydrogen) atoms. The number of nitrogens with one attached hydrogen (secondary N) is 1. The summed E-state index contributed by atoms with van der Waals surface area (Å²) in [6.45, 7) is 1.17. The molecule has 1 aromatic rings. The van der Waals surface area contributed by atoms with Crippen LogP contribution in [-0.2, 0) is 19.1 Å². The van der Waals surface area contributed by atoms with E-state index in [1.807, 2.05) is 0 Å². The fourth-order valence-electron chi connectivity index (χ4n) is 3.31. The van der Waals surface area contributed by atoms with Crippen LogP contribution in [0.3, 0.4) is 0 Å². The number of fused-ring (bicyclic) bond motifs is 1. The summed E-state index contributed by atoms with van der Waals surface area (Å²) in [5.74, 6) is -0.691. The first-order valence-corrected chi connectivity index (χ1v) is 9.06. The number of esters is 1. The number of benzene rings is 1. The lowest BCUT2D eigenvalue weighted by Crippen LogP contribution is -2.45. The van der Waals surface area contributed by atoms with Gasteiger partial charge < -0.3 is 14.8 Å². The van der Waals surface area contributed by atoms with Crippen molar-refractivity contribution in [2.75, 3.05) is 18.1 Å². The summed E-state index contributed by atoms with van der Waals surface area (Å²) in [6, 6.07) is 7.16. The van der Waals surface area contributed by atoms with Crippen LogP contribution >= 0.6 is 0 Å². The van der Waals surface area contributed by atoms with Crippen molar-refractivity contribution in [1.82, 2.24) is 5.32 Å². The molecule has 1 aromatic carbocycles. The third-order valence-corrected chi connectivity index (χ3v) is 4.72. The van der Waals surface area contributed by atoms with E-state index in [1.165, 1.54) is 11.3 Å². The lowest BCUT2D eigenvalue weighted by molar-refractivity contribution is -0.154. The summed E-state index contributed by atoms with van der Waals surface area (Å²) in [5.41, 5.74) is 0.528. The Morgan fingerprint density at radius 1 is 1.27 bits per heavy atom. The van der Waals surface area contributed by atoms with Gasteiger partial charge in [0.25, 0.3) is 11.8 Å². The Morgan fingerprint density at radius 3 is 2.77 bits per heavy atom. The smallest absolute Gasteiger partial charge is 0.326 e. The van der Waals surface area contributed by atoms with E-state index in [0.29, 0.717) is 11.4 Å². The van der Waals surface area contributed by atoms with Crippen LogP contribution in [0.25, 0.3) is 0 Å². The van der Waals surface area contributed by atoms with Gasteiger partial charge in [-0.1, -0.05) is 31.4 Å². The van der Waals surface area contributed by atoms with Gasteiger partial charge in [0, 0.05) is 6.04 Å². The molecule has 7 nitrogen and oxygen atoms in total. The first-order chi connectivity index (χ1) is 12.5. The molecule has 0 spiro atoms. The summed E-state index contributed by atoms with van der Waals surface area (Å²) in [4.78, 5) is 37.9. The Morgan fingerprint density at radius 2 is 2.00 bits per heavy atom. The van der Waals surface area contributed by atoms with Gasteiger partial charge in [-0.25, -0.2) is 0 Å². The summed E-state index contributed by atoms with van der Waals surface area (Å²) < 4.78 is 10.6. The summed E-state index contributed by atoms with van der Waals surface area (Å²) in [6.07, 6.45) is 4.45. The molecule has 0 bridgehead atoms. The standard InChI is InChI=1S/C19H24N2O5/c1-13(19(24)20-14-7-3-2-4-8-14)26-18(23)11-21-15-9-5-6-10-16(15)25-12-17(21)22/h5-6,9-10,13-14H,2-4,7-8,11-12H2,1H3,(H,20,24). The zero-order chi connectivity index (χ0) is 18.5. The van der Waals surface area contributed by atoms with Gasteiger partial charge in [0.15, 0.2) is 12.7 Å². The van der Waals surface area contributed by atoms with Crippen molar-refractivity contribution in [3.05, 3.63) is 24.3 Å². The number of amides is 2. The van der Waals surface area contributed by atoms with Gasteiger partial charge >= 0.3 is 5.97 Å². The number of hydrogen-bond donors (Lipinski definition) is 1. The number of carbonyl (C=O) groups is 3. The van der Waals surface area contributed by atoms with Crippen LogP contribution in [0.1, 0.15) is 39.0 Å². The van der Waals surface area contributed by atoms with Crippen molar-refractivity contribution in [2.24, 2.45) is 0 Å². The summed E-state index contributed by atoms with van der Waals surface area (Å²) in [5, 5.41) is 2.94. The van der Waals surface area contributed by atoms with Gasteiger partial charge in [-0.15, -0.1) is 0 Å². The molecule has 1 unspecified atom stereocenters. The topological polar surface area (TPSA) is 84.9 Å². The molecule has 1 N–H and O–H groups in total. The highest BCUT2D eigenvalue weighted by atomic mass is 16.5. The maximum Gasteiger partial charge on any atom is 0.326 e. The molecule has 1 atom stereocenters. The Labute approximate surface area is 152 Å². The van der Waals surface area contributed by atoms with Crippen molar-refractivity contribution in [2.45, 2.75) is 51.2 Å². The Hall–Kier alpha value is -2.57. The van der Waals surface area contributed by atoms with E-state index in [1.54, 1.807) is 31.2 Å². The molecule has 7 heteroatoms. The molecule has 0 radical (unpaired) electrons. The van der Waals surface area contributed by atoms with E-state index in [4.69, 9.17) is 9.47 Å². The van der Waals surface area contributed by atoms with Gasteiger partial charge in [0.2, 0.25) is 0 Å². The van der Waals surface area contributed by atoms with E-state index in [-0.39, 0.29) is 31.0 Å². The summed E-state index contributed by atoms with van der Waals surface area (Å²) in [7, 11) is 0. The van der Waals surface area contributed by atoms with E-state index in [0.717, 1.165) is 25.7 Å². The number of ether oxygens (including phenoxy) is 2. The number of anilines is 1. The average molecular weight is 360 g/mol. The molecule has 2 amide bonds. The number of hydrogen-bond acceptors (Lipinski definition) is 5. The molecular weight excluding hydrogens is 336 g/mol. The average Bonchev–Trinajstić information content (AvgIpc) is 2.65. The van der Waals surface area contributed by atoms with Crippen molar-refractivity contribution in [3.63, 3.8) is 0 Å². The fraction of sp³-hybridized carbons (Fsp3) is 0.526. The van der Waals surface area contributed by atoms with Crippen LogP contribution in [0.2, 0.25) is 0 Å². The monoisotopic (exact) mass is 360 g/mol. The predicted octanol–water partition coefficient (Wildman–Crippen LogP) is 1.79. The molecule has 1 saturated carbocycles. The number of nitrogens with zero attached hydrogens (tertiary/aromatic N) is 1. The molecule has 0 aromatic heterocycles. The third kappa shape index (κ3) is 4.33. The minimum Gasteiger partial charge on any atom is -0.482 e. The molecule has 1 heterocycles. The first kappa shape index (κ1) is 18.2. The molecular formula is C19H24N2O5. The number of carbonyl (C=O) groups excluding carboxylic acids is 3. The summed E-state index contributed by atoms with van der Waals surface area (Å²) >= 11 is 0. The van der Waals surface area contributed by atoms with Crippen LogP contribution in [0.15, 0.2) is 24.3 Å². The van der Waals surface area contributed by atoms with E-state index in [9.17, 15) is 14.4 Å². The molecule has 0 saturated heterocycles. The van der Waals surface area contributed by atoms with Crippen LogP contribution in [0.5, 0.6) is 5.75 Å². The maximum absolute atomic E-state index is 12.2. The lowest BCUT2D eigenvalue weighted by Gasteiger charge is -2.29. The van der Waals surface area contributed by atoms with Crippen LogP contribution in [-0.4, -0.2) is 43.1 Å². The highest BCUT2D eigenvalue weighted by molar-refractivity contribution is 6.01. The second kappa shape index (κ2) is 8.21. The lowest BCUT2D eigenvalue weighted by atomic mass is 9.95. The van der Waals surface area contributed by atoms with Crippen molar-refractivity contribution >= 4 is 23.5 Å². The number of rotatable bonds is 5. The normalized spacial score (nSPS) is 18.5. The van der Waals surface area contributed by atoms with E-state index in [2.05, 4.69) is 5.32 Å². The Balaban J connectivity index is 1.55.